The second-order valence-electron chi connectivity index (χ2n) is 5.04. The number of likely N-dealkylation sites (N-methyl/N-ethyl adjacent to an activating group) is 1. The molecule has 0 aliphatic rings. The second-order valence-corrected chi connectivity index (χ2v) is 5.04. The van der Waals surface area contributed by atoms with Gasteiger partial charge in [0.15, 0.2) is 17.3 Å². The molecule has 0 fully saturated rings. The van der Waals surface area contributed by atoms with Crippen molar-refractivity contribution in [1.82, 2.24) is 10.6 Å². The summed E-state index contributed by atoms with van der Waals surface area (Å²) in [4.78, 5) is 24.7. The van der Waals surface area contributed by atoms with E-state index in [2.05, 4.69) is 16.0 Å². The van der Waals surface area contributed by atoms with Crippen molar-refractivity contribution < 1.29 is 23.5 Å². The molecule has 0 radical (unpaired) electrons. The maximum absolute atomic E-state index is 12.5. The lowest BCUT2D eigenvalue weighted by Crippen LogP contribution is -2.31. The van der Waals surface area contributed by atoms with Gasteiger partial charge in [0, 0.05) is 19.2 Å². The van der Waals surface area contributed by atoms with Crippen molar-refractivity contribution in [3.05, 3.63) is 41.9 Å². The number of nitrogens with one attached hydrogen (secondary N) is 3. The number of anilines is 1. The van der Waals surface area contributed by atoms with Crippen molar-refractivity contribution in [3.63, 3.8) is 0 Å². The number of methoxy groups -OCH3 is 2. The molecule has 0 aliphatic heterocycles. The molecule has 1 aromatic carbocycles. The van der Waals surface area contributed by atoms with E-state index in [4.69, 9.17) is 13.9 Å². The summed E-state index contributed by atoms with van der Waals surface area (Å²) in [5.74, 6) is 0.102. The molecule has 134 valence electrons. The van der Waals surface area contributed by atoms with Gasteiger partial charge in [-0.3, -0.25) is 9.59 Å². The average Bonchev–Trinajstić information content (AvgIpc) is 3.16. The van der Waals surface area contributed by atoms with Gasteiger partial charge in [0.2, 0.25) is 0 Å². The van der Waals surface area contributed by atoms with Crippen LogP contribution in [0.4, 0.5) is 5.69 Å². The van der Waals surface area contributed by atoms with E-state index in [-0.39, 0.29) is 17.2 Å². The highest BCUT2D eigenvalue weighted by molar-refractivity contribution is 6.08. The van der Waals surface area contributed by atoms with Crippen LogP contribution in [0.5, 0.6) is 11.5 Å². The Morgan fingerprint density at radius 3 is 2.40 bits per heavy atom. The highest BCUT2D eigenvalue weighted by Crippen LogP contribution is 2.33. The van der Waals surface area contributed by atoms with Gasteiger partial charge in [0.25, 0.3) is 11.8 Å². The summed E-state index contributed by atoms with van der Waals surface area (Å²) in [5.41, 5.74) is 0.551. The number of ether oxygens (including phenoxy) is 2. The monoisotopic (exact) mass is 347 g/mol. The number of hydrogen-bond acceptors (Lipinski definition) is 6. The van der Waals surface area contributed by atoms with Crippen molar-refractivity contribution in [2.75, 3.05) is 39.7 Å². The maximum atomic E-state index is 12.5. The van der Waals surface area contributed by atoms with E-state index in [9.17, 15) is 9.59 Å². The van der Waals surface area contributed by atoms with Crippen LogP contribution >= 0.6 is 0 Å². The normalized spacial score (nSPS) is 10.2. The Labute approximate surface area is 145 Å². The van der Waals surface area contributed by atoms with E-state index < -0.39 is 5.91 Å². The van der Waals surface area contributed by atoms with E-state index in [0.29, 0.717) is 30.3 Å². The SMILES string of the molecule is CNCCNC(=O)c1cc(OC)c(OC)cc1NC(=O)c1ccco1. The molecule has 8 nitrogen and oxygen atoms in total. The lowest BCUT2D eigenvalue weighted by Gasteiger charge is -2.15. The number of furan rings is 1. The molecule has 0 atom stereocenters. The summed E-state index contributed by atoms with van der Waals surface area (Å²) >= 11 is 0. The molecule has 3 N–H and O–H groups in total. The first-order chi connectivity index (χ1) is 12.1. The largest absolute Gasteiger partial charge is 0.493 e. The van der Waals surface area contributed by atoms with Gasteiger partial charge in [-0.1, -0.05) is 0 Å². The third-order valence-corrected chi connectivity index (χ3v) is 3.42. The Morgan fingerprint density at radius 2 is 1.80 bits per heavy atom. The molecule has 0 bridgehead atoms. The number of carbonyl (C=O) groups is 2. The molecule has 1 aromatic heterocycles. The molecule has 1 heterocycles. The van der Waals surface area contributed by atoms with Crippen LogP contribution in [0.1, 0.15) is 20.9 Å². The van der Waals surface area contributed by atoms with Gasteiger partial charge >= 0.3 is 0 Å². The molecule has 2 amide bonds. The van der Waals surface area contributed by atoms with E-state index >= 15 is 0 Å². The predicted molar refractivity (Wildman–Crippen MR) is 92.5 cm³/mol. The van der Waals surface area contributed by atoms with E-state index in [0.717, 1.165) is 0 Å². The van der Waals surface area contributed by atoms with Gasteiger partial charge < -0.3 is 29.8 Å². The lowest BCUT2D eigenvalue weighted by atomic mass is 10.1. The third kappa shape index (κ3) is 4.51. The Hall–Kier alpha value is -3.00. The van der Waals surface area contributed by atoms with Gasteiger partial charge in [-0.25, -0.2) is 0 Å². The summed E-state index contributed by atoms with van der Waals surface area (Å²) < 4.78 is 15.5. The fourth-order valence-corrected chi connectivity index (χ4v) is 2.16. The van der Waals surface area contributed by atoms with Gasteiger partial charge in [-0.15, -0.1) is 0 Å². The second kappa shape index (κ2) is 8.74. The van der Waals surface area contributed by atoms with Crippen molar-refractivity contribution in [2.24, 2.45) is 0 Å². The van der Waals surface area contributed by atoms with E-state index in [1.54, 1.807) is 13.1 Å². The number of hydrogen-bond donors (Lipinski definition) is 3. The van der Waals surface area contributed by atoms with Crippen LogP contribution in [-0.4, -0.2) is 46.2 Å². The first-order valence-electron chi connectivity index (χ1n) is 7.64. The maximum Gasteiger partial charge on any atom is 0.291 e. The first kappa shape index (κ1) is 18.3. The van der Waals surface area contributed by atoms with Crippen LogP contribution < -0.4 is 25.4 Å². The minimum atomic E-state index is -0.471. The summed E-state index contributed by atoms with van der Waals surface area (Å²) in [6.45, 7) is 1.06. The number of carbonyl (C=O) groups excluding carboxylic acids is 2. The minimum Gasteiger partial charge on any atom is -0.493 e. The molecular formula is C17H21N3O5. The molecule has 0 unspecified atom stereocenters. The van der Waals surface area contributed by atoms with E-state index in [1.165, 1.54) is 38.7 Å². The Balaban J connectivity index is 2.33. The molecule has 8 heteroatoms. The first-order valence-corrected chi connectivity index (χ1v) is 7.64. The topological polar surface area (TPSA) is 102 Å². The van der Waals surface area contributed by atoms with Gasteiger partial charge in [-0.05, 0) is 25.2 Å². The molecule has 2 aromatic rings. The summed E-state index contributed by atoms with van der Waals surface area (Å²) in [6.07, 6.45) is 1.40. The standard InChI is InChI=1S/C17H21N3O5/c1-18-6-7-19-16(21)11-9-14(23-2)15(24-3)10-12(11)20-17(22)13-5-4-8-25-13/h4-5,8-10,18H,6-7H2,1-3H3,(H,19,21)(H,20,22). The quantitative estimate of drug-likeness (QED) is 0.626. The average molecular weight is 347 g/mol. The zero-order chi connectivity index (χ0) is 18.2. The van der Waals surface area contributed by atoms with Crippen molar-refractivity contribution >= 4 is 17.5 Å². The van der Waals surface area contributed by atoms with Crippen LogP contribution in [0.2, 0.25) is 0 Å². The zero-order valence-electron chi connectivity index (χ0n) is 14.3. The van der Waals surface area contributed by atoms with Crippen LogP contribution in [0, 0.1) is 0 Å². The van der Waals surface area contributed by atoms with Crippen LogP contribution in [0.3, 0.4) is 0 Å². The minimum absolute atomic E-state index is 0.135. The summed E-state index contributed by atoms with van der Waals surface area (Å²) in [5, 5.41) is 8.37. The fraction of sp³-hybridized carbons (Fsp3) is 0.294. The molecule has 0 aliphatic carbocycles. The van der Waals surface area contributed by atoms with Gasteiger partial charge in [0.1, 0.15) is 0 Å². The molecular weight excluding hydrogens is 326 g/mol. The lowest BCUT2D eigenvalue weighted by molar-refractivity contribution is 0.0954. The Morgan fingerprint density at radius 1 is 1.08 bits per heavy atom. The van der Waals surface area contributed by atoms with E-state index in [1.807, 2.05) is 0 Å². The smallest absolute Gasteiger partial charge is 0.291 e. The number of rotatable bonds is 8. The highest BCUT2D eigenvalue weighted by Gasteiger charge is 2.19. The van der Waals surface area contributed by atoms with Crippen molar-refractivity contribution in [1.29, 1.82) is 0 Å². The Kier molecular flexibility index (Phi) is 6.41. The van der Waals surface area contributed by atoms with Crippen LogP contribution in [0.25, 0.3) is 0 Å². The van der Waals surface area contributed by atoms with Gasteiger partial charge in [0.05, 0.1) is 31.7 Å². The zero-order valence-corrected chi connectivity index (χ0v) is 14.3. The summed E-state index contributed by atoms with van der Waals surface area (Å²) in [6, 6.07) is 6.19. The van der Waals surface area contributed by atoms with Crippen molar-refractivity contribution in [2.45, 2.75) is 0 Å². The Bertz CT molecular complexity index is 728. The fourth-order valence-electron chi connectivity index (χ4n) is 2.16. The third-order valence-electron chi connectivity index (χ3n) is 3.42. The number of benzene rings is 1. The van der Waals surface area contributed by atoms with Gasteiger partial charge in [-0.2, -0.15) is 0 Å². The predicted octanol–water partition coefficient (Wildman–Crippen LogP) is 1.50. The molecule has 0 spiro atoms. The van der Waals surface area contributed by atoms with Crippen molar-refractivity contribution in [3.8, 4) is 11.5 Å². The summed E-state index contributed by atoms with van der Waals surface area (Å²) in [7, 11) is 4.74. The molecule has 0 saturated carbocycles. The molecule has 2 rings (SSSR count). The highest BCUT2D eigenvalue weighted by atomic mass is 16.5. The van der Waals surface area contributed by atoms with Crippen LogP contribution in [-0.2, 0) is 0 Å². The van der Waals surface area contributed by atoms with Crippen LogP contribution in [0.15, 0.2) is 34.9 Å². The molecule has 25 heavy (non-hydrogen) atoms. The molecule has 0 saturated heterocycles. The number of amides is 2.